The first-order valence-corrected chi connectivity index (χ1v) is 24.7. The predicted molar refractivity (Wildman–Crippen MR) is 271 cm³/mol. The largest absolute Gasteiger partial charge is 0.494 e. The van der Waals surface area contributed by atoms with Crippen LogP contribution in [0, 0.1) is 23.7 Å². The summed E-state index contributed by atoms with van der Waals surface area (Å²) in [5.41, 5.74) is 3.72. The Labute approximate surface area is 423 Å². The van der Waals surface area contributed by atoms with Gasteiger partial charge in [0.25, 0.3) is 0 Å². The second-order valence-electron chi connectivity index (χ2n) is 17.6. The van der Waals surface area contributed by atoms with E-state index in [0.717, 1.165) is 63.5 Å². The van der Waals surface area contributed by atoms with Crippen LogP contribution >= 0.6 is 0 Å². The molecule has 2 fully saturated rings. The number of nitrogens with zero attached hydrogens (tertiary/aromatic N) is 1. The van der Waals surface area contributed by atoms with Crippen molar-refractivity contribution in [3.63, 3.8) is 0 Å². The maximum Gasteiger partial charge on any atom is 0.330 e. The van der Waals surface area contributed by atoms with Gasteiger partial charge in [-0.2, -0.15) is 5.10 Å². The van der Waals surface area contributed by atoms with Crippen molar-refractivity contribution >= 4 is 41.5 Å². The van der Waals surface area contributed by atoms with Gasteiger partial charge in [0.15, 0.2) is 0 Å². The van der Waals surface area contributed by atoms with Crippen molar-refractivity contribution < 1.29 is 66.7 Å². The molecule has 1 N–H and O–H groups in total. The zero-order chi connectivity index (χ0) is 50.8. The van der Waals surface area contributed by atoms with Gasteiger partial charge in [-0.05, 0) is 176 Å². The summed E-state index contributed by atoms with van der Waals surface area (Å²) in [6.07, 6.45) is 13.0. The summed E-state index contributed by atoms with van der Waals surface area (Å²) in [6, 6.07) is 18.6. The number of unbranched alkanes of at least 4 members (excludes halogenated alkanes) is 6. The zero-order valence-electron chi connectivity index (χ0n) is 41.0. The second-order valence-corrected chi connectivity index (χ2v) is 17.6. The molecule has 5 rings (SSSR count). The molecule has 0 bridgehead atoms. The van der Waals surface area contributed by atoms with E-state index >= 15 is 0 Å². The summed E-state index contributed by atoms with van der Waals surface area (Å²) in [5, 5.41) is 4.28. The summed E-state index contributed by atoms with van der Waals surface area (Å²) in [5.74, 6) is -1.20. The van der Waals surface area contributed by atoms with Gasteiger partial charge in [0.2, 0.25) is 0 Å². The number of benzene rings is 3. The minimum Gasteiger partial charge on any atom is -0.494 e. The Morgan fingerprint density at radius 1 is 0.500 bits per heavy atom. The molecule has 0 saturated heterocycles. The van der Waals surface area contributed by atoms with Gasteiger partial charge >= 0.3 is 35.8 Å². The van der Waals surface area contributed by atoms with Crippen molar-refractivity contribution in [1.82, 2.24) is 5.43 Å². The van der Waals surface area contributed by atoms with E-state index in [4.69, 9.17) is 37.9 Å². The predicted octanol–water partition coefficient (Wildman–Crippen LogP) is 10.2. The Morgan fingerprint density at radius 2 is 0.833 bits per heavy atom. The highest BCUT2D eigenvalue weighted by Gasteiger charge is 2.34. The molecule has 0 radical (unpaired) electrons. The van der Waals surface area contributed by atoms with Gasteiger partial charge in [0.1, 0.15) is 34.5 Å². The number of carbonyl (C=O) groups excluding carboxylic acids is 6. The lowest BCUT2D eigenvalue weighted by atomic mass is 9.82. The Bertz CT molecular complexity index is 2260. The van der Waals surface area contributed by atoms with Crippen LogP contribution in [-0.4, -0.2) is 75.0 Å². The van der Waals surface area contributed by atoms with E-state index in [0.29, 0.717) is 112 Å². The molecule has 0 aliphatic heterocycles. The molecule has 2 aliphatic carbocycles. The van der Waals surface area contributed by atoms with Crippen LogP contribution in [0.5, 0.6) is 34.5 Å². The monoisotopic (exact) mass is 996 g/mol. The molecule has 16 nitrogen and oxygen atoms in total. The standard InChI is InChI=1S/C55H68N2O14.CH4/c1-5-50(58)66-35-13-9-7-11-33-64-43-23-27-45(28-24-43)68-52(60)39-15-17-41(18-16-39)54(62)70-47-31-32-49(48(37-47)38(3)57-56-4)71-55(63)42-21-19-40(20-22-42)53(61)69-46-29-25-44(26-30-46)65-34-12-8-10-14-36-67-51(59)6-2;/h5-6,23-32,37,39-42,56H,1-2,7-22,33-36H2,3-4H3;1H4/b57-38+;. The number of carbonyl (C=O) groups is 6. The molecule has 3 aromatic carbocycles. The summed E-state index contributed by atoms with van der Waals surface area (Å²) in [4.78, 5) is 75.2. The molecule has 0 spiro atoms. The van der Waals surface area contributed by atoms with E-state index < -0.39 is 35.7 Å². The van der Waals surface area contributed by atoms with Crippen molar-refractivity contribution in [2.24, 2.45) is 28.8 Å². The average Bonchev–Trinajstić information content (AvgIpc) is 3.39. The SMILES string of the molecule is C.C=CC(=O)OCCCCCCOc1ccc(OC(=O)C2CCC(C(=O)Oc3ccc(OC(=O)C4CCC(C(=O)Oc5ccc(OCCCCCCOC(=O)C=C)cc5)CC4)c(/C(C)=N/NC)c3)CC2)cc1. The Kier molecular flexibility index (Phi) is 25.1. The van der Waals surface area contributed by atoms with Crippen LogP contribution in [0.4, 0.5) is 0 Å². The first-order valence-electron chi connectivity index (χ1n) is 24.7. The number of hydrogen-bond donors (Lipinski definition) is 1. The number of hydrazone groups is 1. The molecule has 0 amide bonds. The third kappa shape index (κ3) is 19.7. The Balaban J connectivity index is 0.0000112. The van der Waals surface area contributed by atoms with Gasteiger partial charge in [-0.15, -0.1) is 0 Å². The molecule has 2 aliphatic rings. The average molecular weight is 997 g/mol. The zero-order valence-corrected chi connectivity index (χ0v) is 41.0. The summed E-state index contributed by atoms with van der Waals surface area (Å²) in [7, 11) is 1.65. The van der Waals surface area contributed by atoms with Gasteiger partial charge in [0.05, 0.1) is 55.8 Å². The summed E-state index contributed by atoms with van der Waals surface area (Å²) >= 11 is 0. The summed E-state index contributed by atoms with van der Waals surface area (Å²) in [6.45, 7) is 10.3. The second kappa shape index (κ2) is 31.4. The van der Waals surface area contributed by atoms with E-state index in [9.17, 15) is 28.8 Å². The van der Waals surface area contributed by atoms with Crippen molar-refractivity contribution in [3.8, 4) is 34.5 Å². The molecule has 0 aromatic heterocycles. The number of hydrogen-bond acceptors (Lipinski definition) is 16. The molecule has 16 heteroatoms. The molecule has 72 heavy (non-hydrogen) atoms. The van der Waals surface area contributed by atoms with Crippen molar-refractivity contribution in [3.05, 3.63) is 97.6 Å². The molecular weight excluding hydrogens is 925 g/mol. The van der Waals surface area contributed by atoms with Crippen molar-refractivity contribution in [1.29, 1.82) is 0 Å². The van der Waals surface area contributed by atoms with Crippen LogP contribution in [0.2, 0.25) is 0 Å². The Hall–Kier alpha value is -6.97. The fourth-order valence-electron chi connectivity index (χ4n) is 8.26. The van der Waals surface area contributed by atoms with Gasteiger partial charge in [0, 0.05) is 24.8 Å². The van der Waals surface area contributed by atoms with E-state index in [-0.39, 0.29) is 42.7 Å². The topological polar surface area (TPSA) is 201 Å². The first kappa shape index (κ1) is 57.6. The van der Waals surface area contributed by atoms with Crippen molar-refractivity contribution in [2.75, 3.05) is 33.5 Å². The smallest absolute Gasteiger partial charge is 0.330 e. The molecular formula is C56H72N2O14. The fraction of sp³-hybridized carbons (Fsp3) is 0.482. The van der Waals surface area contributed by atoms with E-state index in [2.05, 4.69) is 23.7 Å². The van der Waals surface area contributed by atoms with E-state index in [1.165, 1.54) is 0 Å². The number of esters is 6. The molecule has 2 saturated carbocycles. The highest BCUT2D eigenvalue weighted by atomic mass is 16.6. The van der Waals surface area contributed by atoms with Crippen LogP contribution in [-0.2, 0) is 38.2 Å². The van der Waals surface area contributed by atoms with E-state index in [1.807, 2.05) is 0 Å². The van der Waals surface area contributed by atoms with Crippen LogP contribution in [0.1, 0.15) is 123 Å². The van der Waals surface area contributed by atoms with Gasteiger partial charge in [-0.1, -0.05) is 20.6 Å². The van der Waals surface area contributed by atoms with Crippen LogP contribution in [0.3, 0.4) is 0 Å². The lowest BCUT2D eigenvalue weighted by Crippen LogP contribution is -2.31. The van der Waals surface area contributed by atoms with Gasteiger partial charge in [-0.25, -0.2) is 9.59 Å². The lowest BCUT2D eigenvalue weighted by molar-refractivity contribution is -0.145. The third-order valence-electron chi connectivity index (χ3n) is 12.4. The highest BCUT2D eigenvalue weighted by Crippen LogP contribution is 2.35. The normalized spacial score (nSPS) is 17.4. The Morgan fingerprint density at radius 3 is 1.21 bits per heavy atom. The maximum atomic E-state index is 13.5. The minimum absolute atomic E-state index is 0. The first-order chi connectivity index (χ1) is 34.5. The molecule has 3 aromatic rings. The third-order valence-corrected chi connectivity index (χ3v) is 12.4. The number of rotatable bonds is 28. The quantitative estimate of drug-likeness (QED) is 0.0180. The van der Waals surface area contributed by atoms with Crippen LogP contribution in [0.25, 0.3) is 0 Å². The van der Waals surface area contributed by atoms with E-state index in [1.54, 1.807) is 80.7 Å². The van der Waals surface area contributed by atoms with Crippen LogP contribution < -0.4 is 33.8 Å². The number of ether oxygens (including phenoxy) is 8. The maximum absolute atomic E-state index is 13.5. The number of nitrogens with one attached hydrogen (secondary N) is 1. The lowest BCUT2D eigenvalue weighted by Gasteiger charge is -2.26. The summed E-state index contributed by atoms with van der Waals surface area (Å²) < 4.78 is 44.7. The fourth-order valence-corrected chi connectivity index (χ4v) is 8.26. The highest BCUT2D eigenvalue weighted by molar-refractivity contribution is 6.02. The van der Waals surface area contributed by atoms with Gasteiger partial charge < -0.3 is 43.3 Å². The molecule has 0 heterocycles. The van der Waals surface area contributed by atoms with Gasteiger partial charge in [-0.3, -0.25) is 19.2 Å². The molecule has 0 unspecified atom stereocenters. The van der Waals surface area contributed by atoms with Crippen LogP contribution in [0.15, 0.2) is 97.1 Å². The molecule has 390 valence electrons. The van der Waals surface area contributed by atoms with Crippen molar-refractivity contribution in [2.45, 2.75) is 117 Å². The molecule has 0 atom stereocenters. The minimum atomic E-state index is -0.424.